The molecule has 2 bridgehead atoms. The van der Waals surface area contributed by atoms with Gasteiger partial charge in [0.2, 0.25) is 11.8 Å². The predicted octanol–water partition coefficient (Wildman–Crippen LogP) is -8.65. The van der Waals surface area contributed by atoms with E-state index in [1.54, 1.807) is 30.3 Å². The number of hydrogen-bond acceptors (Lipinski definition) is 28. The number of aliphatic hydroxyl groups excluding tert-OH is 10. The fraction of sp³-hybridized carbons (Fsp3) is 0.810. The quantitative estimate of drug-likeness (QED) is 0.0347. The summed E-state index contributed by atoms with van der Waals surface area (Å²) in [5, 5.41) is 159. The smallest absolute Gasteiger partial charge is 0.243 e. The molecule has 1 aromatic rings. The number of carbonyl (C=O) groups excluding carboxylic acids is 2. The number of benzene rings is 1. The molecule has 2 aliphatic rings. The minimum atomic E-state index is -2.06. The first-order valence-electron chi connectivity index (χ1n) is 24.1. The van der Waals surface area contributed by atoms with Crippen LogP contribution in [-0.2, 0) is 16.0 Å². The molecule has 2 aliphatic heterocycles. The Bertz CT molecular complexity index is 1620. The molecule has 30 heteroatoms. The molecule has 0 unspecified atom stereocenters. The number of rotatable bonds is 19. The van der Waals surface area contributed by atoms with Crippen molar-refractivity contribution in [3.8, 4) is 0 Å². The number of aliphatic hydroxyl groups is 12. The van der Waals surface area contributed by atoms with E-state index in [1.165, 1.54) is 0 Å². The molecule has 418 valence electrons. The van der Waals surface area contributed by atoms with Gasteiger partial charge in [0.15, 0.2) is 12.6 Å². The standard InChI is InChI=1S/C42H83N13O14S3/c43-30(56)11-5-2-6-12-46-36(64)27-18-70-21-32(58)50-26(16-34(61)62)39(67)54-28-19-71-72-20-29(41(69)52-24(37(65)53-27)14-22-8-3-1-4-9-22)55-38(66)25(15-33(59)60)49-31(57)17-48-35(63)23(51-40(28)68)10-7-13-47-42(44)45/h1,3-4,8-9,23-31,33-38,40-42,46-49,51-53,55-57,59-66,68-69H,2,5-7,10-21,43-45H2,(H,50,58)(H,54,67)/t23-,24-,25-,26-,27+,28+,29+,30-,31+,35-,36+,37-,38-,40+,41+/m1/s1. The van der Waals surface area contributed by atoms with Gasteiger partial charge in [0.25, 0.3) is 0 Å². The second-order valence-electron chi connectivity index (χ2n) is 17.9. The van der Waals surface area contributed by atoms with Crippen LogP contribution < -0.4 is 70.4 Å². The monoisotopic (exact) mass is 1090 g/mol. The Labute approximate surface area is 432 Å². The van der Waals surface area contributed by atoms with E-state index in [1.807, 2.05) is 0 Å². The Hall–Kier alpha value is -1.71. The molecule has 2 heterocycles. The highest BCUT2D eigenvalue weighted by Crippen LogP contribution is 2.26. The average molecular weight is 1090 g/mol. The lowest BCUT2D eigenvalue weighted by Crippen LogP contribution is -2.64. The number of nitrogens with one attached hydrogen (secondary N) is 10. The lowest BCUT2D eigenvalue weighted by molar-refractivity contribution is -0.132. The highest BCUT2D eigenvalue weighted by atomic mass is 33.1. The maximum absolute atomic E-state index is 14.0. The van der Waals surface area contributed by atoms with Gasteiger partial charge < -0.3 is 89.1 Å². The van der Waals surface area contributed by atoms with E-state index in [-0.39, 0.29) is 35.9 Å². The fourth-order valence-corrected chi connectivity index (χ4v) is 11.2. The molecule has 0 aromatic heterocycles. The molecule has 0 aliphatic carbocycles. The SMILES string of the molecule is NC(N)NCCC[C@H]1N[C@@H](O)[C@@H]2CSSC[C@H](N[C@H](O)[C@@H](CC(O)O)N[C@@H](O)CN[C@@H]1O)[C@H](O)N[C@H](Cc1ccccc1)[C@@H](O)N[C@H]([C@H](O)NCCCCC[C@H](N)O)CSCC(=O)N[C@H](CC(O)O)C(=O)N2. The van der Waals surface area contributed by atoms with Crippen LogP contribution in [0.15, 0.2) is 30.3 Å². The Kier molecular flexibility index (Phi) is 31.9. The van der Waals surface area contributed by atoms with Gasteiger partial charge in [0.1, 0.15) is 62.2 Å². The lowest BCUT2D eigenvalue weighted by atomic mass is 10.0. The van der Waals surface area contributed by atoms with Gasteiger partial charge in [-0.1, -0.05) is 58.3 Å². The van der Waals surface area contributed by atoms with Gasteiger partial charge in [-0.05, 0) is 57.2 Å². The van der Waals surface area contributed by atoms with Crippen LogP contribution in [0.4, 0.5) is 0 Å². The number of carbonyl (C=O) groups is 2. The maximum atomic E-state index is 14.0. The number of thioether (sulfide) groups is 1. The molecule has 2 fully saturated rings. The van der Waals surface area contributed by atoms with Crippen LogP contribution in [0.5, 0.6) is 0 Å². The summed E-state index contributed by atoms with van der Waals surface area (Å²) in [6.45, 7) is 0.216. The van der Waals surface area contributed by atoms with Crippen LogP contribution in [0.1, 0.15) is 56.9 Å². The van der Waals surface area contributed by atoms with Crippen molar-refractivity contribution in [1.82, 2.24) is 53.2 Å². The van der Waals surface area contributed by atoms with E-state index in [0.717, 1.165) is 38.9 Å². The van der Waals surface area contributed by atoms with Crippen molar-refractivity contribution < 1.29 is 70.9 Å². The van der Waals surface area contributed by atoms with Gasteiger partial charge >= 0.3 is 0 Å². The van der Waals surface area contributed by atoms with Gasteiger partial charge in [-0.3, -0.25) is 52.1 Å². The third-order valence-corrected chi connectivity index (χ3v) is 15.2. The summed E-state index contributed by atoms with van der Waals surface area (Å²) in [7, 11) is 2.21. The number of amides is 2. The summed E-state index contributed by atoms with van der Waals surface area (Å²) < 4.78 is 0. The number of unbranched alkanes of at least 4 members (excludes halogenated alkanes) is 2. The number of β-amino-alcohol motifs (C(OH)–C–C–N with tert-alkyl or cyclic N) is 1. The molecule has 15 atom stereocenters. The van der Waals surface area contributed by atoms with Crippen LogP contribution in [-0.4, -0.2) is 227 Å². The topological polar surface area (TPSA) is 475 Å². The average Bonchev–Trinajstić information content (AvgIpc) is 3.31. The molecular formula is C42H83N13O14S3. The lowest BCUT2D eigenvalue weighted by Gasteiger charge is -2.36. The molecule has 1 aromatic carbocycles. The van der Waals surface area contributed by atoms with Gasteiger partial charge in [-0.15, -0.1) is 0 Å². The van der Waals surface area contributed by atoms with Crippen molar-refractivity contribution in [2.24, 2.45) is 17.2 Å². The number of nitrogens with two attached hydrogens (primary N) is 3. The molecule has 27 nitrogen and oxygen atoms in total. The first kappa shape index (κ1) is 64.6. The maximum Gasteiger partial charge on any atom is 0.243 e. The largest absolute Gasteiger partial charge is 0.379 e. The second-order valence-corrected chi connectivity index (χ2v) is 21.5. The van der Waals surface area contributed by atoms with Crippen LogP contribution in [0, 0.1) is 0 Å². The zero-order valence-electron chi connectivity index (χ0n) is 40.2. The molecular weight excluding hydrogens is 1010 g/mol. The first-order valence-corrected chi connectivity index (χ1v) is 27.8. The zero-order valence-corrected chi connectivity index (χ0v) is 42.7. The third-order valence-electron chi connectivity index (χ3n) is 11.7. The summed E-state index contributed by atoms with van der Waals surface area (Å²) in [4.78, 5) is 27.4. The van der Waals surface area contributed by atoms with Gasteiger partial charge in [-0.25, -0.2) is 0 Å². The van der Waals surface area contributed by atoms with Crippen LogP contribution in [0.2, 0.25) is 0 Å². The summed E-state index contributed by atoms with van der Waals surface area (Å²) >= 11 is 1.02. The molecule has 72 heavy (non-hydrogen) atoms. The van der Waals surface area contributed by atoms with Crippen molar-refractivity contribution in [3.05, 3.63) is 35.9 Å². The molecule has 2 saturated heterocycles. The predicted molar refractivity (Wildman–Crippen MR) is 273 cm³/mol. The first-order chi connectivity index (χ1) is 34.2. The number of hydrogen-bond donors (Lipinski definition) is 25. The van der Waals surface area contributed by atoms with E-state index in [2.05, 4.69) is 53.2 Å². The Morgan fingerprint density at radius 1 is 0.639 bits per heavy atom. The normalized spacial score (nSPS) is 31.9. The van der Waals surface area contributed by atoms with Crippen molar-refractivity contribution in [2.75, 3.05) is 42.6 Å². The minimum absolute atomic E-state index is 0.0177. The molecule has 28 N–H and O–H groups in total. The molecule has 3 rings (SSSR count). The van der Waals surface area contributed by atoms with Crippen molar-refractivity contribution >= 4 is 45.2 Å². The van der Waals surface area contributed by atoms with Crippen molar-refractivity contribution in [1.29, 1.82) is 0 Å². The van der Waals surface area contributed by atoms with Crippen molar-refractivity contribution in [3.63, 3.8) is 0 Å². The van der Waals surface area contributed by atoms with Crippen LogP contribution in [0.25, 0.3) is 0 Å². The van der Waals surface area contributed by atoms with E-state index in [4.69, 9.17) is 17.2 Å². The Morgan fingerprint density at radius 2 is 1.28 bits per heavy atom. The van der Waals surface area contributed by atoms with E-state index in [9.17, 15) is 70.9 Å². The molecule has 0 radical (unpaired) electrons. The highest BCUT2D eigenvalue weighted by molar-refractivity contribution is 8.76. The summed E-state index contributed by atoms with van der Waals surface area (Å²) in [6, 6.07) is 0.835. The van der Waals surface area contributed by atoms with E-state index < -0.39 is 142 Å². The van der Waals surface area contributed by atoms with Crippen molar-refractivity contribution in [2.45, 2.75) is 169 Å². The highest BCUT2D eigenvalue weighted by Gasteiger charge is 2.36. The fourth-order valence-electron chi connectivity index (χ4n) is 7.79. The second kappa shape index (κ2) is 35.6. The van der Waals surface area contributed by atoms with Crippen LogP contribution in [0.3, 0.4) is 0 Å². The van der Waals surface area contributed by atoms with Crippen LogP contribution >= 0.6 is 33.3 Å². The van der Waals surface area contributed by atoms with Gasteiger partial charge in [0, 0.05) is 42.7 Å². The number of fused-ring (bicyclic) bond motifs is 5. The summed E-state index contributed by atoms with van der Waals surface area (Å²) in [5.41, 5.74) is 17.4. The third kappa shape index (κ3) is 26.4. The van der Waals surface area contributed by atoms with Gasteiger partial charge in [-0.2, -0.15) is 11.8 Å². The zero-order chi connectivity index (χ0) is 53.2. The van der Waals surface area contributed by atoms with Gasteiger partial charge in [0.05, 0.1) is 36.0 Å². The Balaban J connectivity index is 2.11. The van der Waals surface area contributed by atoms with E-state index in [0.29, 0.717) is 45.2 Å². The summed E-state index contributed by atoms with van der Waals surface area (Å²) in [6.07, 6.45) is -14.9. The molecule has 0 saturated carbocycles. The Morgan fingerprint density at radius 3 is 1.94 bits per heavy atom. The minimum Gasteiger partial charge on any atom is -0.379 e. The van der Waals surface area contributed by atoms with E-state index >= 15 is 0 Å². The molecule has 2 amide bonds. The molecule has 0 spiro atoms. The summed E-state index contributed by atoms with van der Waals surface area (Å²) in [5.74, 6) is -2.07.